The first kappa shape index (κ1) is 26.0. The van der Waals surface area contributed by atoms with Crippen LogP contribution in [0.1, 0.15) is 49.9 Å². The van der Waals surface area contributed by atoms with Crippen LogP contribution in [0, 0.1) is 0 Å². The normalized spacial score (nSPS) is 13.9. The molecule has 0 unspecified atom stereocenters. The molecule has 1 amide bonds. The number of hydrogen-bond donors (Lipinski definition) is 1. The summed E-state index contributed by atoms with van der Waals surface area (Å²) < 4.78 is 0. The largest absolute Gasteiger partial charge is 0.384 e. The third-order valence-corrected chi connectivity index (χ3v) is 6.61. The SMILES string of the molecule is CCN(CC)C(=O)c1ccc(-c2cc(NCCCN3CCCCC3)c3ccccc3n2)cc1.Cl. The van der Waals surface area contributed by atoms with Crippen molar-refractivity contribution in [1.82, 2.24) is 14.8 Å². The van der Waals surface area contributed by atoms with Gasteiger partial charge in [0, 0.05) is 41.8 Å². The molecule has 1 saturated heterocycles. The van der Waals surface area contributed by atoms with Gasteiger partial charge in [-0.3, -0.25) is 4.79 Å². The molecular formula is C28H37ClN4O. The fourth-order valence-electron chi connectivity index (χ4n) is 4.66. The molecule has 6 heteroatoms. The van der Waals surface area contributed by atoms with Gasteiger partial charge in [-0.05, 0) is 77.0 Å². The van der Waals surface area contributed by atoms with Crippen LogP contribution in [0.3, 0.4) is 0 Å². The summed E-state index contributed by atoms with van der Waals surface area (Å²) >= 11 is 0. The number of hydrogen-bond acceptors (Lipinski definition) is 4. The highest BCUT2D eigenvalue weighted by atomic mass is 35.5. The quantitative estimate of drug-likeness (QED) is 0.376. The van der Waals surface area contributed by atoms with Crippen molar-refractivity contribution in [3.8, 4) is 11.3 Å². The second kappa shape index (κ2) is 12.7. The second-order valence-corrected chi connectivity index (χ2v) is 8.81. The average molecular weight is 481 g/mol. The summed E-state index contributed by atoms with van der Waals surface area (Å²) in [4.78, 5) is 22.0. The Morgan fingerprint density at radius 3 is 2.41 bits per heavy atom. The van der Waals surface area contributed by atoms with Gasteiger partial charge in [0.1, 0.15) is 0 Å². The number of nitrogens with one attached hydrogen (secondary N) is 1. The first-order valence-corrected chi connectivity index (χ1v) is 12.4. The molecule has 5 nitrogen and oxygen atoms in total. The molecule has 0 aliphatic carbocycles. The van der Waals surface area contributed by atoms with Crippen molar-refractivity contribution < 1.29 is 4.79 Å². The van der Waals surface area contributed by atoms with Crippen LogP contribution >= 0.6 is 12.4 Å². The van der Waals surface area contributed by atoms with Crippen molar-refractivity contribution in [2.24, 2.45) is 0 Å². The molecule has 1 aliphatic heterocycles. The van der Waals surface area contributed by atoms with E-state index in [0.29, 0.717) is 0 Å². The molecule has 34 heavy (non-hydrogen) atoms. The van der Waals surface area contributed by atoms with E-state index in [0.717, 1.165) is 66.0 Å². The number of carbonyl (C=O) groups excluding carboxylic acids is 1. The lowest BCUT2D eigenvalue weighted by Crippen LogP contribution is -2.31. The van der Waals surface area contributed by atoms with Crippen LogP contribution in [0.2, 0.25) is 0 Å². The van der Waals surface area contributed by atoms with Gasteiger partial charge in [0.15, 0.2) is 0 Å². The maximum Gasteiger partial charge on any atom is 0.253 e. The van der Waals surface area contributed by atoms with E-state index in [9.17, 15) is 4.79 Å². The zero-order chi connectivity index (χ0) is 23.0. The van der Waals surface area contributed by atoms with Crippen LogP contribution in [0.4, 0.5) is 5.69 Å². The number of piperidine rings is 1. The Balaban J connectivity index is 0.00000324. The molecule has 3 aromatic rings. The molecule has 182 valence electrons. The van der Waals surface area contributed by atoms with Crippen LogP contribution in [-0.2, 0) is 0 Å². The van der Waals surface area contributed by atoms with Crippen LogP contribution in [0.15, 0.2) is 54.6 Å². The zero-order valence-corrected chi connectivity index (χ0v) is 21.2. The molecule has 1 aliphatic rings. The topological polar surface area (TPSA) is 48.5 Å². The number of rotatable bonds is 9. The molecule has 0 atom stereocenters. The van der Waals surface area contributed by atoms with E-state index in [1.807, 2.05) is 49.1 Å². The van der Waals surface area contributed by atoms with Crippen LogP contribution < -0.4 is 5.32 Å². The Morgan fingerprint density at radius 1 is 1.00 bits per heavy atom. The number of carbonyl (C=O) groups is 1. The number of halogens is 1. The molecule has 1 fully saturated rings. The molecule has 0 bridgehead atoms. The minimum absolute atomic E-state index is 0. The van der Waals surface area contributed by atoms with E-state index in [1.54, 1.807) is 0 Å². The number of anilines is 1. The summed E-state index contributed by atoms with van der Waals surface area (Å²) in [5.74, 6) is 0.0779. The smallest absolute Gasteiger partial charge is 0.253 e. The summed E-state index contributed by atoms with van der Waals surface area (Å²) in [6.45, 7) is 10.0. The summed E-state index contributed by atoms with van der Waals surface area (Å²) in [6.07, 6.45) is 5.19. The van der Waals surface area contributed by atoms with Crippen molar-refractivity contribution in [3.05, 3.63) is 60.2 Å². The first-order chi connectivity index (χ1) is 16.2. The molecule has 1 N–H and O–H groups in total. The summed E-state index contributed by atoms with van der Waals surface area (Å²) in [5.41, 5.74) is 4.77. The highest BCUT2D eigenvalue weighted by Crippen LogP contribution is 2.28. The van der Waals surface area contributed by atoms with Crippen LogP contribution in [-0.4, -0.2) is 60.0 Å². The number of pyridine rings is 1. The van der Waals surface area contributed by atoms with E-state index in [4.69, 9.17) is 4.98 Å². The lowest BCUT2D eigenvalue weighted by atomic mass is 10.1. The fraction of sp³-hybridized carbons (Fsp3) is 0.429. The predicted octanol–water partition coefficient (Wildman–Crippen LogP) is 6.09. The van der Waals surface area contributed by atoms with Gasteiger partial charge in [0.2, 0.25) is 0 Å². The van der Waals surface area contributed by atoms with E-state index >= 15 is 0 Å². The molecule has 1 aromatic heterocycles. The van der Waals surface area contributed by atoms with Gasteiger partial charge in [0.05, 0.1) is 11.2 Å². The molecule has 0 saturated carbocycles. The van der Waals surface area contributed by atoms with E-state index in [2.05, 4.69) is 34.5 Å². The minimum Gasteiger partial charge on any atom is -0.384 e. The average Bonchev–Trinajstić information content (AvgIpc) is 2.87. The Bertz CT molecular complexity index is 1060. The highest BCUT2D eigenvalue weighted by Gasteiger charge is 2.14. The van der Waals surface area contributed by atoms with Crippen molar-refractivity contribution in [1.29, 1.82) is 0 Å². The third-order valence-electron chi connectivity index (χ3n) is 6.61. The van der Waals surface area contributed by atoms with Gasteiger partial charge in [-0.2, -0.15) is 0 Å². The number of para-hydroxylation sites is 1. The third kappa shape index (κ3) is 6.28. The van der Waals surface area contributed by atoms with Crippen LogP contribution in [0.25, 0.3) is 22.2 Å². The highest BCUT2D eigenvalue weighted by molar-refractivity contribution is 5.96. The lowest BCUT2D eigenvalue weighted by molar-refractivity contribution is 0.0773. The maximum absolute atomic E-state index is 12.6. The maximum atomic E-state index is 12.6. The van der Waals surface area contributed by atoms with Gasteiger partial charge in [-0.1, -0.05) is 36.8 Å². The van der Waals surface area contributed by atoms with E-state index in [1.165, 1.54) is 32.4 Å². The van der Waals surface area contributed by atoms with Gasteiger partial charge >= 0.3 is 0 Å². The zero-order valence-electron chi connectivity index (χ0n) is 20.4. The summed E-state index contributed by atoms with van der Waals surface area (Å²) in [6, 6.07) is 18.3. The molecule has 2 aromatic carbocycles. The molecular weight excluding hydrogens is 444 g/mol. The second-order valence-electron chi connectivity index (χ2n) is 8.81. The van der Waals surface area contributed by atoms with Crippen molar-refractivity contribution in [2.45, 2.75) is 39.5 Å². The first-order valence-electron chi connectivity index (χ1n) is 12.4. The van der Waals surface area contributed by atoms with Gasteiger partial charge in [-0.15, -0.1) is 12.4 Å². The Kier molecular flexibility index (Phi) is 9.73. The van der Waals surface area contributed by atoms with Crippen molar-refractivity contribution in [3.63, 3.8) is 0 Å². The van der Waals surface area contributed by atoms with Gasteiger partial charge < -0.3 is 15.1 Å². The monoisotopic (exact) mass is 480 g/mol. The van der Waals surface area contributed by atoms with Crippen molar-refractivity contribution in [2.75, 3.05) is 44.6 Å². The number of aromatic nitrogens is 1. The Morgan fingerprint density at radius 2 is 1.71 bits per heavy atom. The fourth-order valence-corrected chi connectivity index (χ4v) is 4.66. The molecule has 2 heterocycles. The number of amides is 1. The predicted molar refractivity (Wildman–Crippen MR) is 145 cm³/mol. The molecule has 0 radical (unpaired) electrons. The number of benzene rings is 2. The molecule has 4 rings (SSSR count). The lowest BCUT2D eigenvalue weighted by Gasteiger charge is -2.26. The Hall–Kier alpha value is -2.63. The van der Waals surface area contributed by atoms with E-state index in [-0.39, 0.29) is 18.3 Å². The minimum atomic E-state index is 0. The number of nitrogens with zero attached hydrogens (tertiary/aromatic N) is 3. The van der Waals surface area contributed by atoms with Crippen molar-refractivity contribution >= 4 is 34.9 Å². The standard InChI is InChI=1S/C28H36N4O.ClH/c1-3-32(4-2)28(33)23-15-13-22(14-16-23)26-21-27(24-11-6-7-12-25(24)30-26)29-17-10-20-31-18-8-5-9-19-31;/h6-7,11-16,21H,3-5,8-10,17-20H2,1-2H3,(H,29,30);1H. The van der Waals surface area contributed by atoms with Gasteiger partial charge in [0.25, 0.3) is 5.91 Å². The Labute approximate surface area is 210 Å². The summed E-state index contributed by atoms with van der Waals surface area (Å²) in [5, 5.41) is 4.82. The van der Waals surface area contributed by atoms with Crippen LogP contribution in [0.5, 0.6) is 0 Å². The number of fused-ring (bicyclic) bond motifs is 1. The summed E-state index contributed by atoms with van der Waals surface area (Å²) in [7, 11) is 0. The number of likely N-dealkylation sites (tertiary alicyclic amines) is 1. The van der Waals surface area contributed by atoms with Gasteiger partial charge in [-0.25, -0.2) is 4.98 Å². The molecule has 0 spiro atoms. The van der Waals surface area contributed by atoms with E-state index < -0.39 is 0 Å².